The third-order valence-electron chi connectivity index (χ3n) is 5.47. The lowest BCUT2D eigenvalue weighted by Gasteiger charge is -2.38. The second kappa shape index (κ2) is 10.7. The van der Waals surface area contributed by atoms with E-state index in [9.17, 15) is 4.79 Å². The van der Waals surface area contributed by atoms with E-state index in [1.54, 1.807) is 13.3 Å². The number of rotatable bonds is 7. The first kappa shape index (κ1) is 24.0. The Kier molecular flexibility index (Phi) is 8.52. The second-order valence-corrected chi connectivity index (χ2v) is 8.77. The van der Waals surface area contributed by atoms with Crippen molar-refractivity contribution < 1.29 is 14.1 Å². The molecule has 30 heavy (non-hydrogen) atoms. The molecule has 0 aliphatic carbocycles. The van der Waals surface area contributed by atoms with Crippen molar-refractivity contribution in [3.05, 3.63) is 18.0 Å². The molecule has 1 aliphatic heterocycles. The van der Waals surface area contributed by atoms with E-state index in [0.717, 1.165) is 57.2 Å². The number of alkyl carbamates (subject to hydrolysis) is 1. The maximum atomic E-state index is 12.4. The van der Waals surface area contributed by atoms with E-state index in [2.05, 4.69) is 44.4 Å². The van der Waals surface area contributed by atoms with Crippen molar-refractivity contribution in [2.75, 3.05) is 39.8 Å². The van der Waals surface area contributed by atoms with Crippen molar-refractivity contribution in [2.24, 2.45) is 4.99 Å². The fraction of sp³-hybridized carbons (Fsp3) is 0.762. The molecule has 2 N–H and O–H groups in total. The minimum absolute atomic E-state index is 0.385. The van der Waals surface area contributed by atoms with Gasteiger partial charge < -0.3 is 24.8 Å². The highest BCUT2D eigenvalue weighted by Gasteiger charge is 2.31. The van der Waals surface area contributed by atoms with Gasteiger partial charge in [-0.05, 0) is 33.6 Å². The van der Waals surface area contributed by atoms with Crippen LogP contribution in [0.25, 0.3) is 0 Å². The number of aromatic nitrogens is 1. The maximum Gasteiger partial charge on any atom is 0.408 e. The number of nitrogens with zero attached hydrogens (tertiary/aromatic N) is 4. The summed E-state index contributed by atoms with van der Waals surface area (Å²) in [7, 11) is 1.80. The summed E-state index contributed by atoms with van der Waals surface area (Å²) in [5.74, 6) is 0.855. The molecule has 1 aromatic heterocycles. The second-order valence-electron chi connectivity index (χ2n) is 8.77. The summed E-state index contributed by atoms with van der Waals surface area (Å²) in [4.78, 5) is 21.4. The summed E-state index contributed by atoms with van der Waals surface area (Å²) in [6.45, 7) is 14.8. The Balaban J connectivity index is 1.88. The van der Waals surface area contributed by atoms with Crippen molar-refractivity contribution >= 4 is 12.1 Å². The molecule has 0 atom stereocenters. The van der Waals surface area contributed by atoms with E-state index in [4.69, 9.17) is 9.26 Å². The number of hydrogen-bond acceptors (Lipinski definition) is 6. The zero-order chi connectivity index (χ0) is 22.2. The number of ether oxygens (including phenoxy) is 1. The molecule has 1 aromatic rings. The number of carbonyl (C=O) groups is 1. The molecular formula is C21H38N6O3. The van der Waals surface area contributed by atoms with Gasteiger partial charge in [-0.25, -0.2) is 4.79 Å². The summed E-state index contributed by atoms with van der Waals surface area (Å²) < 4.78 is 10.4. The predicted octanol–water partition coefficient (Wildman–Crippen LogP) is 2.45. The molecule has 1 amide bonds. The average molecular weight is 423 g/mol. The van der Waals surface area contributed by atoms with Gasteiger partial charge in [-0.3, -0.25) is 9.89 Å². The molecule has 0 radical (unpaired) electrons. The van der Waals surface area contributed by atoms with Crippen LogP contribution in [-0.4, -0.2) is 77.9 Å². The number of hydrogen-bond donors (Lipinski definition) is 2. The van der Waals surface area contributed by atoms with Crippen LogP contribution in [-0.2, 0) is 11.3 Å². The van der Waals surface area contributed by atoms with E-state index in [-0.39, 0.29) is 6.09 Å². The summed E-state index contributed by atoms with van der Waals surface area (Å²) >= 11 is 0. The summed E-state index contributed by atoms with van der Waals surface area (Å²) in [5, 5.41) is 10.5. The van der Waals surface area contributed by atoms with Crippen LogP contribution in [0.15, 0.2) is 21.8 Å². The molecule has 0 bridgehead atoms. The van der Waals surface area contributed by atoms with Gasteiger partial charge >= 0.3 is 6.09 Å². The van der Waals surface area contributed by atoms with Gasteiger partial charge in [-0.2, -0.15) is 0 Å². The zero-order valence-corrected chi connectivity index (χ0v) is 19.3. The molecule has 2 heterocycles. The number of aliphatic imine (C=N–C) groups is 1. The van der Waals surface area contributed by atoms with Gasteiger partial charge in [-0.15, -0.1) is 0 Å². The van der Waals surface area contributed by atoms with Gasteiger partial charge in [0.05, 0.1) is 11.2 Å². The van der Waals surface area contributed by atoms with Gasteiger partial charge in [0.25, 0.3) is 0 Å². The van der Waals surface area contributed by atoms with Crippen molar-refractivity contribution in [1.29, 1.82) is 0 Å². The number of carbonyl (C=O) groups excluding carboxylic acids is 1. The fourth-order valence-corrected chi connectivity index (χ4v) is 3.49. The van der Waals surface area contributed by atoms with Crippen molar-refractivity contribution in [1.82, 2.24) is 25.6 Å². The first-order valence-corrected chi connectivity index (χ1v) is 10.8. The van der Waals surface area contributed by atoms with E-state index in [1.165, 1.54) is 0 Å². The minimum atomic E-state index is -0.521. The highest BCUT2D eigenvalue weighted by Crippen LogP contribution is 2.17. The van der Waals surface area contributed by atoms with Crippen molar-refractivity contribution in [3.8, 4) is 0 Å². The number of amides is 1. The van der Waals surface area contributed by atoms with Crippen LogP contribution in [0.3, 0.4) is 0 Å². The first-order valence-electron chi connectivity index (χ1n) is 10.8. The lowest BCUT2D eigenvalue weighted by molar-refractivity contribution is 0.0448. The first-order chi connectivity index (χ1) is 14.2. The van der Waals surface area contributed by atoms with Crippen LogP contribution in [0.2, 0.25) is 0 Å². The number of guanidine groups is 1. The number of piperazine rings is 1. The Morgan fingerprint density at radius 2 is 1.90 bits per heavy atom. The Hall–Kier alpha value is -2.29. The van der Waals surface area contributed by atoms with Gasteiger partial charge in [0.1, 0.15) is 11.9 Å². The quantitative estimate of drug-likeness (QED) is 0.515. The largest absolute Gasteiger partial charge is 0.444 e. The Morgan fingerprint density at radius 1 is 1.23 bits per heavy atom. The van der Waals surface area contributed by atoms with Crippen LogP contribution in [0, 0.1) is 0 Å². The van der Waals surface area contributed by atoms with Crippen LogP contribution >= 0.6 is 0 Å². The molecule has 0 unspecified atom stereocenters. The lowest BCUT2D eigenvalue weighted by Crippen LogP contribution is -2.59. The molecule has 0 saturated carbocycles. The molecule has 9 heteroatoms. The monoisotopic (exact) mass is 422 g/mol. The molecule has 9 nitrogen and oxygen atoms in total. The summed E-state index contributed by atoms with van der Waals surface area (Å²) in [6, 6.07) is 1.90. The third kappa shape index (κ3) is 7.19. The fourth-order valence-electron chi connectivity index (χ4n) is 3.49. The van der Waals surface area contributed by atoms with E-state index >= 15 is 0 Å². The third-order valence-corrected chi connectivity index (χ3v) is 5.47. The van der Waals surface area contributed by atoms with Crippen LogP contribution in [0.1, 0.15) is 53.2 Å². The molecule has 170 valence electrons. The van der Waals surface area contributed by atoms with E-state index in [1.807, 2.05) is 26.8 Å². The molecular weight excluding hydrogens is 384 g/mol. The molecule has 0 aromatic carbocycles. The van der Waals surface area contributed by atoms with Gasteiger partial charge in [0.15, 0.2) is 5.96 Å². The summed E-state index contributed by atoms with van der Waals surface area (Å²) in [6.07, 6.45) is 2.80. The van der Waals surface area contributed by atoms with Gasteiger partial charge in [-0.1, -0.05) is 19.0 Å². The molecule has 1 saturated heterocycles. The Bertz CT molecular complexity index is 671. The topological polar surface area (TPSA) is 95.2 Å². The van der Waals surface area contributed by atoms with Crippen molar-refractivity contribution in [3.63, 3.8) is 0 Å². The van der Waals surface area contributed by atoms with Crippen LogP contribution in [0.5, 0.6) is 0 Å². The Morgan fingerprint density at radius 3 is 2.40 bits per heavy atom. The lowest BCUT2D eigenvalue weighted by atomic mass is 9.93. The molecule has 0 spiro atoms. The SMILES string of the molecule is CCC(CC)(CNC(=NC)N1CCN(Cc2ccon2)CC1)NC(=O)OC(C)(C)C. The van der Waals surface area contributed by atoms with Crippen LogP contribution < -0.4 is 10.6 Å². The highest BCUT2D eigenvalue weighted by molar-refractivity contribution is 5.80. The van der Waals surface area contributed by atoms with Gasteiger partial charge in [0, 0.05) is 52.4 Å². The Labute approximate surface area is 180 Å². The predicted molar refractivity (Wildman–Crippen MR) is 117 cm³/mol. The molecule has 1 aliphatic rings. The van der Waals surface area contributed by atoms with Gasteiger partial charge in [0.2, 0.25) is 0 Å². The van der Waals surface area contributed by atoms with Crippen LogP contribution in [0.4, 0.5) is 4.79 Å². The summed E-state index contributed by atoms with van der Waals surface area (Å²) in [5.41, 5.74) is 0.0364. The molecule has 1 fully saturated rings. The standard InChI is InChI=1S/C21H38N6O3/c1-7-21(8-2,24-19(28)30-20(3,4)5)16-23-18(22-6)27-12-10-26(11-13-27)15-17-9-14-29-25-17/h9,14H,7-8,10-13,15-16H2,1-6H3,(H,22,23)(H,24,28). The maximum absolute atomic E-state index is 12.4. The minimum Gasteiger partial charge on any atom is -0.444 e. The smallest absolute Gasteiger partial charge is 0.408 e. The van der Waals surface area contributed by atoms with Crippen molar-refractivity contribution in [2.45, 2.75) is 65.1 Å². The van der Waals surface area contributed by atoms with E-state index < -0.39 is 11.1 Å². The number of nitrogens with one attached hydrogen (secondary N) is 2. The normalized spacial score (nSPS) is 16.5. The molecule has 2 rings (SSSR count). The van der Waals surface area contributed by atoms with E-state index in [0.29, 0.717) is 6.54 Å². The zero-order valence-electron chi connectivity index (χ0n) is 19.3. The highest BCUT2D eigenvalue weighted by atomic mass is 16.6. The average Bonchev–Trinajstić information content (AvgIpc) is 3.20.